The van der Waals surface area contributed by atoms with E-state index in [1.54, 1.807) is 52.7 Å². The molecule has 304 valence electrons. The van der Waals surface area contributed by atoms with Gasteiger partial charge in [-0.25, -0.2) is 39.5 Å². The van der Waals surface area contributed by atoms with Crippen LogP contribution in [-0.2, 0) is 0 Å². The molecule has 4 amide bonds. The van der Waals surface area contributed by atoms with Crippen molar-refractivity contribution >= 4 is 82.5 Å². The van der Waals surface area contributed by atoms with Crippen LogP contribution >= 0.6 is 11.6 Å². The van der Waals surface area contributed by atoms with E-state index in [1.807, 2.05) is 48.5 Å². The Labute approximate surface area is 350 Å². The minimum Gasteiger partial charge on any atom is -0.423 e. The van der Waals surface area contributed by atoms with Gasteiger partial charge in [0.05, 0.1) is 29.2 Å². The highest BCUT2D eigenvalue weighted by molar-refractivity contribution is 6.58. The van der Waals surface area contributed by atoms with Gasteiger partial charge < -0.3 is 31.3 Å². The standard InChI is InChI=1S/C20H19N7O.C15H14ClN5O.C5H7BN2O2/c21-17-7-4-13(11-23-17)15-5-6-16-19(24-15)27(14-8-10-26(16)12-14)20(28)25-18-3-1-2-9-22-18;16-12-5-4-11-14(18-12)21(10-6-8-20(11)9-10)15(22)19-13-3-1-2-7-17-13;7-5-2-1-4(3-8-5)6(9)10/h1-7,9,11,14H,8,10,12H2,(H2,21,23)(H,22,25,28);1-5,7,10H,6,8-9H2,(H,17,19,22);1-3,9-10H,(H2,7,8)/t14-;10-;/m00./s1. The molecule has 0 aliphatic carbocycles. The van der Waals surface area contributed by atoms with Crippen LogP contribution in [0, 0.1) is 0 Å². The Morgan fingerprint density at radius 2 is 1.22 bits per heavy atom. The fourth-order valence-electron chi connectivity index (χ4n) is 7.42. The number of pyridine rings is 6. The largest absolute Gasteiger partial charge is 0.490 e. The highest BCUT2D eigenvalue weighted by Gasteiger charge is 2.41. The summed E-state index contributed by atoms with van der Waals surface area (Å²) in [4.78, 5) is 59.1. The SMILES string of the molecule is Nc1ccc(-c2ccc3c(n2)N(C(=O)Nc2ccccn2)[C@H]2CCN3C2)cn1.Nc1ccc(B(O)O)cn1.O=C(Nc1ccccn1)N1c2nc(Cl)ccc2N2CC[C@H]1C2. The first-order valence-corrected chi connectivity index (χ1v) is 19.5. The molecule has 4 bridgehead atoms. The van der Waals surface area contributed by atoms with E-state index in [-0.39, 0.29) is 24.1 Å². The van der Waals surface area contributed by atoms with Crippen LogP contribution < -0.4 is 47.2 Å². The van der Waals surface area contributed by atoms with Gasteiger partial charge in [0, 0.05) is 62.0 Å². The van der Waals surface area contributed by atoms with Gasteiger partial charge in [0.15, 0.2) is 11.6 Å². The van der Waals surface area contributed by atoms with E-state index in [2.05, 4.69) is 45.4 Å². The van der Waals surface area contributed by atoms with Crippen LogP contribution in [0.1, 0.15) is 12.8 Å². The number of hydrogen-bond donors (Lipinski definition) is 6. The molecule has 4 aliphatic rings. The molecule has 0 unspecified atom stereocenters. The summed E-state index contributed by atoms with van der Waals surface area (Å²) in [5.74, 6) is 3.16. The monoisotopic (exact) mass is 826 g/mol. The summed E-state index contributed by atoms with van der Waals surface area (Å²) in [6.07, 6.45) is 8.14. The molecule has 10 heterocycles. The summed E-state index contributed by atoms with van der Waals surface area (Å²) in [7, 11) is -1.46. The fourth-order valence-corrected chi connectivity index (χ4v) is 7.56. The maximum atomic E-state index is 13.1. The average Bonchev–Trinajstić information content (AvgIpc) is 3.87. The van der Waals surface area contributed by atoms with Crippen molar-refractivity contribution in [1.29, 1.82) is 0 Å². The zero-order valence-corrected chi connectivity index (χ0v) is 32.8. The van der Waals surface area contributed by atoms with E-state index in [9.17, 15) is 9.59 Å². The normalized spacial score (nSPS) is 16.6. The molecule has 0 spiro atoms. The third-order valence-corrected chi connectivity index (χ3v) is 10.5. The Balaban J connectivity index is 0.000000138. The quantitative estimate of drug-likeness (QED) is 0.109. The minimum absolute atomic E-state index is 0.0866. The molecule has 4 aliphatic heterocycles. The van der Waals surface area contributed by atoms with Crippen molar-refractivity contribution in [1.82, 2.24) is 29.9 Å². The van der Waals surface area contributed by atoms with Gasteiger partial charge >= 0.3 is 19.2 Å². The number of hydrogen-bond acceptors (Lipinski definition) is 14. The van der Waals surface area contributed by atoms with Gasteiger partial charge in [-0.15, -0.1) is 0 Å². The number of rotatable bonds is 4. The number of halogens is 1. The second-order valence-electron chi connectivity index (χ2n) is 14.2. The predicted molar refractivity (Wildman–Crippen MR) is 232 cm³/mol. The van der Waals surface area contributed by atoms with E-state index in [0.29, 0.717) is 45.5 Å². The van der Waals surface area contributed by atoms with Gasteiger partial charge in [-0.1, -0.05) is 29.8 Å². The zero-order chi connectivity index (χ0) is 41.8. The number of nitrogens with one attached hydrogen (secondary N) is 2. The van der Waals surface area contributed by atoms with Gasteiger partial charge in [-0.2, -0.15) is 0 Å². The summed E-state index contributed by atoms with van der Waals surface area (Å²) < 4.78 is 0. The molecule has 8 N–H and O–H groups in total. The number of carbonyl (C=O) groups is 2. The average molecular weight is 827 g/mol. The van der Waals surface area contributed by atoms with Crippen molar-refractivity contribution in [2.24, 2.45) is 0 Å². The van der Waals surface area contributed by atoms with Crippen LogP contribution in [0.5, 0.6) is 0 Å². The number of anilines is 8. The molecule has 6 aromatic rings. The van der Waals surface area contributed by atoms with Crippen molar-refractivity contribution in [3.8, 4) is 11.3 Å². The fraction of sp³-hybridized carbons (Fsp3) is 0.200. The Hall–Kier alpha value is -7.09. The first kappa shape index (κ1) is 39.7. The molecular formula is C40H40BClN14O4. The summed E-state index contributed by atoms with van der Waals surface area (Å²) >= 11 is 6.02. The van der Waals surface area contributed by atoms with Gasteiger partial charge in [0.25, 0.3) is 0 Å². The molecule has 0 aromatic carbocycles. The topological polar surface area (TPSA) is 241 Å². The van der Waals surface area contributed by atoms with E-state index in [1.165, 1.54) is 18.3 Å². The zero-order valence-electron chi connectivity index (χ0n) is 32.1. The lowest BCUT2D eigenvalue weighted by Crippen LogP contribution is -2.48. The van der Waals surface area contributed by atoms with Crippen molar-refractivity contribution in [2.75, 3.05) is 67.9 Å². The Morgan fingerprint density at radius 1 is 0.667 bits per heavy atom. The molecule has 6 aromatic heterocycles. The number of nitrogens with zero attached hydrogens (tertiary/aromatic N) is 10. The minimum atomic E-state index is -1.46. The van der Waals surface area contributed by atoms with E-state index in [0.717, 1.165) is 61.7 Å². The van der Waals surface area contributed by atoms with Crippen LogP contribution in [0.15, 0.2) is 110 Å². The maximum Gasteiger partial charge on any atom is 0.490 e. The first-order valence-electron chi connectivity index (χ1n) is 19.1. The predicted octanol–water partition coefficient (Wildman–Crippen LogP) is 3.86. The molecule has 20 heteroatoms. The molecule has 60 heavy (non-hydrogen) atoms. The Bertz CT molecular complexity index is 2460. The first-order chi connectivity index (χ1) is 29.1. The Kier molecular flexibility index (Phi) is 11.5. The number of nitrogen functional groups attached to an aromatic ring is 2. The third-order valence-electron chi connectivity index (χ3n) is 10.3. The van der Waals surface area contributed by atoms with Crippen LogP contribution in [-0.4, -0.2) is 97.4 Å². The smallest absolute Gasteiger partial charge is 0.423 e. The molecule has 10 rings (SSSR count). The van der Waals surface area contributed by atoms with E-state index < -0.39 is 7.12 Å². The number of nitrogens with two attached hydrogens (primary N) is 2. The number of carbonyl (C=O) groups excluding carboxylic acids is 2. The summed E-state index contributed by atoms with van der Waals surface area (Å²) in [6, 6.07) is 24.9. The van der Waals surface area contributed by atoms with Crippen molar-refractivity contribution in [3.05, 3.63) is 115 Å². The van der Waals surface area contributed by atoms with Gasteiger partial charge in [0.1, 0.15) is 28.4 Å². The lowest BCUT2D eigenvalue weighted by atomic mass is 9.82. The summed E-state index contributed by atoms with van der Waals surface area (Å²) in [5, 5.41) is 23.3. The molecular weight excluding hydrogens is 787 g/mol. The molecule has 18 nitrogen and oxygen atoms in total. The van der Waals surface area contributed by atoms with Gasteiger partial charge in [-0.05, 0) is 79.6 Å². The number of fused-ring (bicyclic) bond motifs is 8. The molecule has 2 fully saturated rings. The molecule has 2 saturated heterocycles. The van der Waals surface area contributed by atoms with Crippen molar-refractivity contribution in [2.45, 2.75) is 24.9 Å². The van der Waals surface area contributed by atoms with Crippen LogP contribution in [0.2, 0.25) is 5.15 Å². The van der Waals surface area contributed by atoms with E-state index >= 15 is 0 Å². The molecule has 2 atom stereocenters. The second kappa shape index (κ2) is 17.4. The number of aromatic nitrogens is 6. The Morgan fingerprint density at radius 3 is 1.72 bits per heavy atom. The highest BCUT2D eigenvalue weighted by Crippen LogP contribution is 2.41. The lowest BCUT2D eigenvalue weighted by Gasteiger charge is -2.35. The maximum absolute atomic E-state index is 13.1. The van der Waals surface area contributed by atoms with Gasteiger partial charge in [0.2, 0.25) is 0 Å². The second-order valence-corrected chi connectivity index (χ2v) is 14.6. The number of urea groups is 2. The summed E-state index contributed by atoms with van der Waals surface area (Å²) in [6.45, 7) is 3.48. The summed E-state index contributed by atoms with van der Waals surface area (Å²) in [5.41, 5.74) is 14.8. The number of amides is 4. The van der Waals surface area contributed by atoms with E-state index in [4.69, 9.17) is 38.1 Å². The van der Waals surface area contributed by atoms with Crippen molar-refractivity contribution in [3.63, 3.8) is 0 Å². The van der Waals surface area contributed by atoms with Crippen LogP contribution in [0.25, 0.3) is 11.3 Å². The van der Waals surface area contributed by atoms with Crippen molar-refractivity contribution < 1.29 is 19.6 Å². The molecule has 0 radical (unpaired) electrons. The van der Waals surface area contributed by atoms with Gasteiger partial charge in [-0.3, -0.25) is 20.4 Å². The lowest BCUT2D eigenvalue weighted by molar-refractivity contribution is 0.254. The highest BCUT2D eigenvalue weighted by atomic mass is 35.5. The third kappa shape index (κ3) is 8.68. The van der Waals surface area contributed by atoms with Crippen LogP contribution in [0.4, 0.5) is 55.9 Å². The molecule has 0 saturated carbocycles. The van der Waals surface area contributed by atoms with Crippen LogP contribution in [0.3, 0.4) is 0 Å².